The van der Waals surface area contributed by atoms with Crippen molar-refractivity contribution in [2.45, 2.75) is 6.92 Å². The molecule has 0 aromatic heterocycles. The predicted molar refractivity (Wildman–Crippen MR) is 57.6 cm³/mol. The van der Waals surface area contributed by atoms with Crippen LogP contribution < -0.4 is 5.32 Å². The third-order valence-electron chi connectivity index (χ3n) is 1.69. The molecule has 0 bridgehead atoms. The molecular weight excluding hydrogens is 193 g/mol. The summed E-state index contributed by atoms with van der Waals surface area (Å²) in [6.45, 7) is 1.91. The second kappa shape index (κ2) is 5.78. The van der Waals surface area contributed by atoms with Crippen LogP contribution in [0.15, 0.2) is 36.1 Å². The Bertz CT molecular complexity index is 389. The van der Waals surface area contributed by atoms with Crippen LogP contribution in [-0.4, -0.2) is 12.5 Å². The Morgan fingerprint density at radius 2 is 2.13 bits per heavy atom. The van der Waals surface area contributed by atoms with Gasteiger partial charge in [0.1, 0.15) is 5.82 Å². The summed E-state index contributed by atoms with van der Waals surface area (Å²) in [4.78, 5) is 10.5. The minimum Gasteiger partial charge on any atom is -0.352 e. The molecule has 1 N–H and O–H groups in total. The van der Waals surface area contributed by atoms with Gasteiger partial charge in [0, 0.05) is 13.5 Å². The van der Waals surface area contributed by atoms with Crippen molar-refractivity contribution in [1.82, 2.24) is 5.32 Å². The van der Waals surface area contributed by atoms with E-state index in [0.717, 1.165) is 5.56 Å². The Kier molecular flexibility index (Phi) is 4.32. The van der Waals surface area contributed by atoms with Gasteiger partial charge in [0.2, 0.25) is 5.91 Å². The topological polar surface area (TPSA) is 29.1 Å². The quantitative estimate of drug-likeness (QED) is 0.752. The number of amides is 1. The van der Waals surface area contributed by atoms with Crippen LogP contribution in [-0.2, 0) is 4.79 Å². The van der Waals surface area contributed by atoms with Crippen LogP contribution in [0.2, 0.25) is 0 Å². The van der Waals surface area contributed by atoms with E-state index in [0.29, 0.717) is 6.54 Å². The Hall–Kier alpha value is -1.86. The number of nitrogens with one attached hydrogen (secondary N) is 1. The first kappa shape index (κ1) is 11.2. The molecule has 1 amide bonds. The first-order chi connectivity index (χ1) is 7.18. The maximum atomic E-state index is 12.5. The van der Waals surface area contributed by atoms with Gasteiger partial charge in [-0.15, -0.1) is 5.73 Å². The fourth-order valence-electron chi connectivity index (χ4n) is 0.968. The molecule has 0 fully saturated rings. The maximum Gasteiger partial charge on any atom is 0.217 e. The molecule has 1 aromatic carbocycles. The first-order valence-electron chi connectivity index (χ1n) is 4.59. The van der Waals surface area contributed by atoms with Crippen LogP contribution in [0.1, 0.15) is 12.5 Å². The lowest BCUT2D eigenvalue weighted by molar-refractivity contribution is -0.118. The molecule has 1 rings (SSSR count). The maximum absolute atomic E-state index is 12.5. The van der Waals surface area contributed by atoms with Gasteiger partial charge in [0.25, 0.3) is 0 Å². The summed E-state index contributed by atoms with van der Waals surface area (Å²) in [6, 6.07) is 6.10. The largest absolute Gasteiger partial charge is 0.352 e. The molecular formula is C12H12FNO. The molecule has 0 aliphatic heterocycles. The average molecular weight is 205 g/mol. The number of carbonyl (C=O) groups excluding carboxylic acids is 1. The standard InChI is InChI=1S/C12H12FNO/c1-10(15)14-9-3-2-4-11-5-7-12(13)8-6-11/h3-8H,9H2,1H3,(H,14,15). The number of hydrogen-bond acceptors (Lipinski definition) is 1. The van der Waals surface area contributed by atoms with Crippen molar-refractivity contribution in [3.05, 3.63) is 47.5 Å². The van der Waals surface area contributed by atoms with E-state index in [1.165, 1.54) is 19.1 Å². The first-order valence-corrected chi connectivity index (χ1v) is 4.59. The summed E-state index contributed by atoms with van der Waals surface area (Å²) in [5.41, 5.74) is 3.76. The molecule has 0 heterocycles. The van der Waals surface area contributed by atoms with Crippen molar-refractivity contribution in [3.8, 4) is 0 Å². The lowest BCUT2D eigenvalue weighted by Gasteiger charge is -1.92. The highest BCUT2D eigenvalue weighted by molar-refractivity contribution is 5.72. The van der Waals surface area contributed by atoms with Crippen molar-refractivity contribution in [2.75, 3.05) is 6.54 Å². The highest BCUT2D eigenvalue weighted by Gasteiger charge is 1.87. The van der Waals surface area contributed by atoms with Gasteiger partial charge in [-0.25, -0.2) is 4.39 Å². The van der Waals surface area contributed by atoms with Gasteiger partial charge in [-0.1, -0.05) is 12.1 Å². The highest BCUT2D eigenvalue weighted by atomic mass is 19.1. The van der Waals surface area contributed by atoms with Crippen molar-refractivity contribution < 1.29 is 9.18 Å². The molecule has 0 aliphatic rings. The van der Waals surface area contributed by atoms with E-state index < -0.39 is 0 Å². The van der Waals surface area contributed by atoms with Gasteiger partial charge < -0.3 is 5.32 Å². The monoisotopic (exact) mass is 205 g/mol. The minimum atomic E-state index is -0.255. The van der Waals surface area contributed by atoms with E-state index in [-0.39, 0.29) is 11.7 Å². The normalized spacial score (nSPS) is 8.93. The van der Waals surface area contributed by atoms with Crippen molar-refractivity contribution in [2.24, 2.45) is 0 Å². The van der Waals surface area contributed by atoms with E-state index in [1.54, 1.807) is 24.3 Å². The Labute approximate surface area is 88.1 Å². The fourth-order valence-corrected chi connectivity index (χ4v) is 0.968. The second-order valence-corrected chi connectivity index (χ2v) is 3.00. The fraction of sp³-hybridized carbons (Fsp3) is 0.167. The van der Waals surface area contributed by atoms with Crippen molar-refractivity contribution >= 4 is 12.0 Å². The summed E-state index contributed by atoms with van der Waals surface area (Å²) in [6.07, 6.45) is 3.42. The predicted octanol–water partition coefficient (Wildman–Crippen LogP) is 2.13. The molecule has 2 nitrogen and oxygen atoms in total. The zero-order valence-corrected chi connectivity index (χ0v) is 8.46. The number of rotatable bonds is 3. The van der Waals surface area contributed by atoms with Crippen LogP contribution in [0.4, 0.5) is 4.39 Å². The Morgan fingerprint density at radius 3 is 2.73 bits per heavy atom. The number of hydrogen-bond donors (Lipinski definition) is 1. The van der Waals surface area contributed by atoms with E-state index in [4.69, 9.17) is 0 Å². The third-order valence-corrected chi connectivity index (χ3v) is 1.69. The molecule has 0 unspecified atom stereocenters. The Morgan fingerprint density at radius 1 is 1.47 bits per heavy atom. The van der Waals surface area contributed by atoms with Gasteiger partial charge in [0.05, 0.1) is 0 Å². The molecule has 0 saturated carbocycles. The molecule has 78 valence electrons. The summed E-state index contributed by atoms with van der Waals surface area (Å²) < 4.78 is 12.5. The zero-order valence-electron chi connectivity index (χ0n) is 8.46. The minimum absolute atomic E-state index is 0.0742. The lowest BCUT2D eigenvalue weighted by atomic mass is 10.2. The van der Waals surface area contributed by atoms with Crippen LogP contribution in [0.5, 0.6) is 0 Å². The smallest absolute Gasteiger partial charge is 0.217 e. The Balaban J connectivity index is 2.50. The molecule has 15 heavy (non-hydrogen) atoms. The molecule has 0 saturated heterocycles. The van der Waals surface area contributed by atoms with Crippen LogP contribution in [0.3, 0.4) is 0 Å². The molecule has 3 heteroatoms. The highest BCUT2D eigenvalue weighted by Crippen LogP contribution is 2.03. The summed E-state index contributed by atoms with van der Waals surface area (Å²) in [5.74, 6) is -0.329. The van der Waals surface area contributed by atoms with Gasteiger partial charge in [-0.2, -0.15) is 0 Å². The van der Waals surface area contributed by atoms with E-state index in [1.807, 2.05) is 0 Å². The molecule has 0 aliphatic carbocycles. The molecule has 0 spiro atoms. The van der Waals surface area contributed by atoms with Gasteiger partial charge in [-0.05, 0) is 29.8 Å². The molecule has 0 radical (unpaired) electrons. The van der Waals surface area contributed by atoms with E-state index in [9.17, 15) is 9.18 Å². The zero-order chi connectivity index (χ0) is 11.1. The molecule has 0 atom stereocenters. The van der Waals surface area contributed by atoms with Crippen molar-refractivity contribution in [3.63, 3.8) is 0 Å². The summed E-state index contributed by atoms with van der Waals surface area (Å²) >= 11 is 0. The molecule has 1 aromatic rings. The van der Waals surface area contributed by atoms with Crippen molar-refractivity contribution in [1.29, 1.82) is 0 Å². The van der Waals surface area contributed by atoms with Gasteiger partial charge >= 0.3 is 0 Å². The van der Waals surface area contributed by atoms with Gasteiger partial charge in [0.15, 0.2) is 0 Å². The number of benzene rings is 1. The van der Waals surface area contributed by atoms with E-state index in [2.05, 4.69) is 11.0 Å². The SMILES string of the molecule is CC(=O)NCC=C=Cc1ccc(F)cc1. The second-order valence-electron chi connectivity index (χ2n) is 3.00. The lowest BCUT2D eigenvalue weighted by Crippen LogP contribution is -2.18. The number of halogens is 1. The van der Waals surface area contributed by atoms with Crippen LogP contribution >= 0.6 is 0 Å². The van der Waals surface area contributed by atoms with Crippen LogP contribution in [0, 0.1) is 5.82 Å². The van der Waals surface area contributed by atoms with Gasteiger partial charge in [-0.3, -0.25) is 4.79 Å². The van der Waals surface area contributed by atoms with Crippen LogP contribution in [0.25, 0.3) is 6.08 Å². The average Bonchev–Trinajstić information content (AvgIpc) is 2.20. The number of carbonyl (C=O) groups is 1. The van der Waals surface area contributed by atoms with E-state index >= 15 is 0 Å². The summed E-state index contributed by atoms with van der Waals surface area (Å²) in [7, 11) is 0. The third kappa shape index (κ3) is 4.79. The summed E-state index contributed by atoms with van der Waals surface area (Å²) in [5, 5.41) is 2.60.